The summed E-state index contributed by atoms with van der Waals surface area (Å²) in [7, 11) is 0. The van der Waals surface area contributed by atoms with Crippen molar-refractivity contribution in [1.82, 2.24) is 0 Å². The van der Waals surface area contributed by atoms with E-state index in [1.54, 1.807) is 0 Å². The Hall–Kier alpha value is -0.0800. The van der Waals surface area contributed by atoms with Crippen LogP contribution in [0, 0.1) is 5.41 Å². The largest absolute Gasteiger partial charge is 0.396 e. The van der Waals surface area contributed by atoms with E-state index in [1.807, 2.05) is 0 Å². The van der Waals surface area contributed by atoms with Gasteiger partial charge in [-0.3, -0.25) is 0 Å². The van der Waals surface area contributed by atoms with Gasteiger partial charge in [-0.25, -0.2) is 0 Å². The summed E-state index contributed by atoms with van der Waals surface area (Å²) < 4.78 is 34.4. The second-order valence-electron chi connectivity index (χ2n) is 1.84. The van der Waals surface area contributed by atoms with Gasteiger partial charge in [-0.15, -0.1) is 0 Å². The monoisotopic (exact) mass is 109 g/mol. The molecule has 0 amide bonds. The van der Waals surface area contributed by atoms with Crippen molar-refractivity contribution in [3.63, 3.8) is 0 Å². The van der Waals surface area contributed by atoms with E-state index in [2.05, 4.69) is 5.11 Å². The number of hydrogen-bond donors (Lipinski definition) is 2. The summed E-state index contributed by atoms with van der Waals surface area (Å²) >= 11 is 0. The van der Waals surface area contributed by atoms with E-state index in [0.29, 0.717) is 0 Å². The lowest BCUT2D eigenvalue weighted by Gasteiger charge is -2.16. The molecule has 0 aromatic carbocycles. The van der Waals surface area contributed by atoms with Crippen molar-refractivity contribution in [3.05, 3.63) is 0 Å². The minimum Gasteiger partial charge on any atom is -0.396 e. The molecule has 0 bridgehead atoms. The van der Waals surface area contributed by atoms with E-state index >= 15 is 0 Å². The molecule has 0 radical (unpaired) electrons. The van der Waals surface area contributed by atoms with Gasteiger partial charge in [-0.1, -0.05) is 13.8 Å². The Morgan fingerprint density at radius 1 is 1.71 bits per heavy atom. The molecule has 2 nitrogen and oxygen atoms in total. The molecule has 7 heavy (non-hydrogen) atoms. The Balaban J connectivity index is 4.85. The Kier molecular flexibility index (Phi) is 0.664. The standard InChI is InChI=1S/C5H12O2/c1-5(2,3-6)4-7/h6-7H,3-4H2,1-2H3/i3D2,4D2,6D. The van der Waals surface area contributed by atoms with Crippen molar-refractivity contribution in [2.45, 2.75) is 13.8 Å². The lowest BCUT2D eigenvalue weighted by atomic mass is 9.97. The summed E-state index contributed by atoms with van der Waals surface area (Å²) in [6, 6.07) is 0. The summed E-state index contributed by atoms with van der Waals surface area (Å²) in [5.41, 5.74) is -1.80. The summed E-state index contributed by atoms with van der Waals surface area (Å²) in [6.45, 7) is -2.99. The van der Waals surface area contributed by atoms with E-state index < -0.39 is 18.5 Å². The molecule has 0 aromatic heterocycles. The normalized spacial score (nSPS) is 26.4. The maximum absolute atomic E-state index is 8.94. The van der Waals surface area contributed by atoms with Crippen LogP contribution in [0.15, 0.2) is 0 Å². The first-order valence-electron chi connectivity index (χ1n) is 4.34. The molecule has 2 N–H and O–H groups in total. The topological polar surface area (TPSA) is 40.5 Å². The fourth-order valence-corrected chi connectivity index (χ4v) is 0.0228. The van der Waals surface area contributed by atoms with Crippen LogP contribution in [0.5, 0.6) is 0 Å². The van der Waals surface area contributed by atoms with Crippen LogP contribution in [0.3, 0.4) is 0 Å². The lowest BCUT2D eigenvalue weighted by Crippen LogP contribution is -2.20. The number of rotatable bonds is 3. The van der Waals surface area contributed by atoms with Gasteiger partial charge in [-0.2, -0.15) is 0 Å². The van der Waals surface area contributed by atoms with Crippen molar-refractivity contribution in [2.75, 3.05) is 13.1 Å². The Morgan fingerprint density at radius 2 is 2.29 bits per heavy atom. The average molecular weight is 109 g/mol. The molecule has 0 unspecified atom stereocenters. The highest BCUT2D eigenvalue weighted by atomic mass is 16.3. The third-order valence-corrected chi connectivity index (χ3v) is 0.535. The van der Waals surface area contributed by atoms with E-state index in [0.717, 1.165) is 13.8 Å². The van der Waals surface area contributed by atoms with E-state index in [-0.39, 0.29) is 0 Å². The zero-order chi connectivity index (χ0) is 10.2. The second kappa shape index (κ2) is 2.28. The van der Waals surface area contributed by atoms with E-state index in [1.165, 1.54) is 0 Å². The van der Waals surface area contributed by atoms with E-state index in [9.17, 15) is 0 Å². The second-order valence-corrected chi connectivity index (χ2v) is 1.84. The molecular weight excluding hydrogens is 92.1 g/mol. The van der Waals surface area contributed by atoms with Gasteiger partial charge in [-0.05, 0) is 0 Å². The summed E-state index contributed by atoms with van der Waals surface area (Å²) in [5, 5.41) is 12.7. The molecule has 0 spiro atoms. The van der Waals surface area contributed by atoms with Crippen LogP contribution in [-0.2, 0) is 0 Å². The quantitative estimate of drug-likeness (QED) is 0.535. The number of aliphatic hydroxyl groups is 2. The molecule has 0 aliphatic heterocycles. The molecule has 44 valence electrons. The molecule has 0 saturated carbocycles. The predicted molar refractivity (Wildman–Crippen MR) is 28.0 cm³/mol. The van der Waals surface area contributed by atoms with Gasteiger partial charge in [0.2, 0.25) is 1.43 Å². The summed E-state index contributed by atoms with van der Waals surface area (Å²) in [6.07, 6.45) is 0. The molecule has 0 saturated heterocycles. The predicted octanol–water partition coefficient (Wildman–Crippen LogP) is -0.00280. The molecule has 2 heteroatoms. The summed E-state index contributed by atoms with van der Waals surface area (Å²) in [5.74, 6) is 0. The fraction of sp³-hybridized carbons (Fsp3) is 1.00. The first-order chi connectivity index (χ1) is 5.06. The van der Waals surface area contributed by atoms with Gasteiger partial charge in [0, 0.05) is 5.41 Å². The molecule has 0 rings (SSSR count). The maximum Gasteiger partial charge on any atom is 0.210 e. The Morgan fingerprint density at radius 3 is 2.43 bits per heavy atom. The molecule has 0 fully saturated rings. The maximum atomic E-state index is 8.94. The van der Waals surface area contributed by atoms with Crippen LogP contribution >= 0.6 is 0 Å². The van der Waals surface area contributed by atoms with Crippen molar-refractivity contribution in [2.24, 2.45) is 5.41 Å². The third-order valence-electron chi connectivity index (χ3n) is 0.535. The van der Waals surface area contributed by atoms with Gasteiger partial charge >= 0.3 is 0 Å². The smallest absolute Gasteiger partial charge is 0.210 e. The minimum atomic E-state index is -2.74. The molecule has 0 heterocycles. The third kappa shape index (κ3) is 2.60. The summed E-state index contributed by atoms with van der Waals surface area (Å²) in [4.78, 5) is 0. The highest BCUT2D eigenvalue weighted by Crippen LogP contribution is 2.10. The van der Waals surface area contributed by atoms with Crippen LogP contribution in [-0.4, -0.2) is 24.8 Å². The first-order valence-corrected chi connectivity index (χ1v) is 1.93. The average Bonchev–Trinajstić information content (AvgIpc) is 1.85. The molecular formula is C5H12O2. The van der Waals surface area contributed by atoms with Gasteiger partial charge in [0.1, 0.15) is 0 Å². The van der Waals surface area contributed by atoms with E-state index in [4.69, 9.17) is 12.0 Å². The zero-order valence-corrected chi connectivity index (χ0v) is 4.36. The lowest BCUT2D eigenvalue weighted by molar-refractivity contribution is 0.0857. The van der Waals surface area contributed by atoms with Crippen LogP contribution in [0.1, 0.15) is 19.3 Å². The number of hydrogen-bond acceptors (Lipinski definition) is 2. The molecule has 0 atom stereocenters. The Labute approximate surface area is 50.9 Å². The minimum absolute atomic E-state index is 1.14. The van der Waals surface area contributed by atoms with Crippen LogP contribution < -0.4 is 0 Å². The van der Waals surface area contributed by atoms with Gasteiger partial charge in [0.05, 0.1) is 18.6 Å². The highest BCUT2D eigenvalue weighted by Gasteiger charge is 2.13. The van der Waals surface area contributed by atoms with Crippen molar-refractivity contribution < 1.29 is 15.7 Å². The van der Waals surface area contributed by atoms with Crippen molar-refractivity contribution in [1.29, 1.82) is 1.43 Å². The first kappa shape index (κ1) is 2.03. The highest BCUT2D eigenvalue weighted by molar-refractivity contribution is 4.62. The zero-order valence-electron chi connectivity index (χ0n) is 9.36. The van der Waals surface area contributed by atoms with Crippen molar-refractivity contribution >= 4 is 0 Å². The van der Waals surface area contributed by atoms with Crippen molar-refractivity contribution in [3.8, 4) is 0 Å². The van der Waals surface area contributed by atoms with Gasteiger partial charge in [0.25, 0.3) is 0 Å². The SMILES string of the molecule is [2H]OC([2H])([2H])C(C)(C)C([2H])([2H])O. The van der Waals surface area contributed by atoms with Gasteiger partial charge < -0.3 is 10.2 Å². The van der Waals surface area contributed by atoms with Crippen LogP contribution in [0.4, 0.5) is 0 Å². The molecule has 0 aliphatic carbocycles. The Bertz CT molecular complexity index is 162. The van der Waals surface area contributed by atoms with Crippen LogP contribution in [0.25, 0.3) is 0 Å². The molecule has 0 aromatic rings. The van der Waals surface area contributed by atoms with Crippen LogP contribution in [0.2, 0.25) is 0 Å². The van der Waals surface area contributed by atoms with Gasteiger partial charge in [0.15, 0.2) is 0 Å². The fourth-order valence-electron chi connectivity index (χ4n) is 0.0228. The molecule has 0 aliphatic rings.